The van der Waals surface area contributed by atoms with Crippen LogP contribution >= 0.6 is 0 Å². The number of benzene rings is 1. The van der Waals surface area contributed by atoms with Gasteiger partial charge in [-0.25, -0.2) is 0 Å². The van der Waals surface area contributed by atoms with Crippen LogP contribution in [0.25, 0.3) is 6.08 Å². The lowest BCUT2D eigenvalue weighted by molar-refractivity contribution is -0.123. The van der Waals surface area contributed by atoms with Gasteiger partial charge in [0.2, 0.25) is 0 Å². The Balaban J connectivity index is -0.000000260. The fourth-order valence-electron chi connectivity index (χ4n) is 1.11. The topological polar surface area (TPSA) is 42.2 Å². The summed E-state index contributed by atoms with van der Waals surface area (Å²) in [6, 6.07) is 11.7. The third kappa shape index (κ3) is 27.9. The molecule has 132 valence electrons. The lowest BCUT2D eigenvalue weighted by Gasteiger charge is -2.09. The van der Waals surface area contributed by atoms with E-state index in [0.29, 0.717) is 0 Å². The van der Waals surface area contributed by atoms with Gasteiger partial charge in [-0.05, 0) is 26.3 Å². The molecule has 0 radical (unpaired) electrons. The molecule has 0 bridgehead atoms. The van der Waals surface area contributed by atoms with E-state index in [9.17, 15) is 0 Å². The molecule has 1 aromatic rings. The molecule has 24 heavy (non-hydrogen) atoms. The second kappa shape index (κ2) is 25.5. The normalized spacial score (nSPS) is 7.79. The summed E-state index contributed by atoms with van der Waals surface area (Å²) >= 11 is 0. The van der Waals surface area contributed by atoms with Crippen LogP contribution in [-0.4, -0.2) is 19.5 Å². The van der Waals surface area contributed by atoms with Crippen LogP contribution in [0.5, 0.6) is 0 Å². The van der Waals surface area contributed by atoms with E-state index in [-0.39, 0.29) is 6.29 Å². The first-order chi connectivity index (χ1) is 11.6. The van der Waals surface area contributed by atoms with Gasteiger partial charge >= 0.3 is 0 Å². The maximum absolute atomic E-state index is 7.51. The van der Waals surface area contributed by atoms with Gasteiger partial charge in [-0.1, -0.05) is 74.9 Å². The van der Waals surface area contributed by atoms with Crippen molar-refractivity contribution in [2.24, 2.45) is 0 Å². The number of nitrogens with zero attached hydrogens (tertiary/aromatic N) is 1. The first-order valence-corrected chi connectivity index (χ1v) is 7.72. The fraction of sp³-hybridized carbons (Fsp3) is 0.286. The molecule has 3 nitrogen and oxygen atoms in total. The van der Waals surface area contributed by atoms with Gasteiger partial charge in [-0.2, -0.15) is 5.26 Å². The van der Waals surface area contributed by atoms with Crippen molar-refractivity contribution in [3.05, 3.63) is 80.4 Å². The molecule has 0 fully saturated rings. The van der Waals surface area contributed by atoms with Gasteiger partial charge < -0.3 is 9.47 Å². The molecule has 0 saturated carbocycles. The maximum Gasteiger partial charge on any atom is 0.154 e. The summed E-state index contributed by atoms with van der Waals surface area (Å²) in [4.78, 5) is 0. The molecule has 0 aliphatic carbocycles. The molecule has 0 aliphatic rings. The lowest BCUT2D eigenvalue weighted by Crippen LogP contribution is -2.11. The van der Waals surface area contributed by atoms with E-state index in [2.05, 4.69) is 26.3 Å². The molecule has 0 unspecified atom stereocenters. The summed E-state index contributed by atoms with van der Waals surface area (Å²) in [5.41, 5.74) is 1.17. The Hall–Kier alpha value is -2.41. The van der Waals surface area contributed by atoms with Crippen molar-refractivity contribution in [3.8, 4) is 6.07 Å². The quantitative estimate of drug-likeness (QED) is 0.377. The first-order valence-electron chi connectivity index (χ1n) is 7.72. The molecule has 0 heterocycles. The van der Waals surface area contributed by atoms with Gasteiger partial charge in [0, 0.05) is 19.3 Å². The summed E-state index contributed by atoms with van der Waals surface area (Å²) in [5.74, 6) is 0. The molecule has 0 aliphatic heterocycles. The van der Waals surface area contributed by atoms with Crippen molar-refractivity contribution in [1.29, 1.82) is 5.26 Å². The van der Waals surface area contributed by atoms with E-state index in [1.807, 2.05) is 57.2 Å². The fourth-order valence-corrected chi connectivity index (χ4v) is 1.11. The number of ether oxygens (including phenoxy) is 2. The summed E-state index contributed by atoms with van der Waals surface area (Å²) < 4.78 is 10.1. The molecule has 0 amide bonds. The van der Waals surface area contributed by atoms with E-state index in [1.165, 1.54) is 11.6 Å². The molecule has 0 aromatic heterocycles. The third-order valence-corrected chi connectivity index (χ3v) is 2.10. The molecular formula is C21H31NO2. The number of hydrogen-bond donors (Lipinski definition) is 0. The van der Waals surface area contributed by atoms with Crippen molar-refractivity contribution in [1.82, 2.24) is 0 Å². The van der Waals surface area contributed by atoms with Gasteiger partial charge in [-0.15, -0.1) is 0 Å². The molecule has 0 saturated heterocycles. The zero-order valence-electron chi connectivity index (χ0n) is 15.3. The van der Waals surface area contributed by atoms with Gasteiger partial charge in [0.05, 0.1) is 6.07 Å². The number of hydrogen-bond acceptors (Lipinski definition) is 3. The highest BCUT2D eigenvalue weighted by molar-refractivity contribution is 5.45. The van der Waals surface area contributed by atoms with Crippen LogP contribution in [0.15, 0.2) is 74.9 Å². The molecule has 0 N–H and O–H groups in total. The maximum atomic E-state index is 7.51. The zero-order valence-corrected chi connectivity index (χ0v) is 15.3. The standard InChI is InChI=1S/C8H8.C6H14O2.C4H6.C3H3N/c1-2-8-6-4-3-5-7-8;1-4-7-6(3)8-5-2;1-3-4-2;1-2-3-4/h2-7H,1H2;6H,4-5H2,1-3H3;3-4H,1-2H2;2H,1H2. The van der Waals surface area contributed by atoms with E-state index in [1.54, 1.807) is 18.2 Å². The third-order valence-electron chi connectivity index (χ3n) is 2.10. The number of allylic oxidation sites excluding steroid dienone is 3. The van der Waals surface area contributed by atoms with Crippen molar-refractivity contribution >= 4 is 6.08 Å². The highest BCUT2D eigenvalue weighted by atomic mass is 16.7. The Labute approximate surface area is 148 Å². The van der Waals surface area contributed by atoms with Crippen molar-refractivity contribution in [2.45, 2.75) is 27.1 Å². The van der Waals surface area contributed by atoms with E-state index in [0.717, 1.165) is 13.2 Å². The van der Waals surface area contributed by atoms with Gasteiger partial charge in [0.25, 0.3) is 0 Å². The van der Waals surface area contributed by atoms with Gasteiger partial charge in [0.15, 0.2) is 6.29 Å². The minimum atomic E-state index is -0.0370. The summed E-state index contributed by atoms with van der Waals surface area (Å²) in [6.45, 7) is 20.7. The van der Waals surface area contributed by atoms with E-state index >= 15 is 0 Å². The minimum Gasteiger partial charge on any atom is -0.353 e. The van der Waals surface area contributed by atoms with Crippen LogP contribution in [0.1, 0.15) is 26.3 Å². The average molecular weight is 329 g/mol. The Morgan fingerprint density at radius 2 is 1.42 bits per heavy atom. The zero-order chi connectivity index (χ0) is 19.1. The Morgan fingerprint density at radius 3 is 1.62 bits per heavy atom. The van der Waals surface area contributed by atoms with E-state index in [4.69, 9.17) is 14.7 Å². The van der Waals surface area contributed by atoms with Gasteiger partial charge in [0.1, 0.15) is 0 Å². The number of rotatable bonds is 6. The lowest BCUT2D eigenvalue weighted by atomic mass is 10.2. The second-order valence-corrected chi connectivity index (χ2v) is 3.90. The van der Waals surface area contributed by atoms with Crippen LogP contribution < -0.4 is 0 Å². The van der Waals surface area contributed by atoms with Crippen LogP contribution in [0.4, 0.5) is 0 Å². The smallest absolute Gasteiger partial charge is 0.154 e. The monoisotopic (exact) mass is 329 g/mol. The largest absolute Gasteiger partial charge is 0.353 e. The Kier molecular flexibility index (Phi) is 28.2. The SMILES string of the molecule is C=CC#N.C=CC=C.C=Cc1ccccc1.CCOC(C)OCC. The summed E-state index contributed by atoms with van der Waals surface area (Å²) in [6.07, 6.45) is 6.25. The Bertz CT molecular complexity index is 435. The molecule has 3 heteroatoms. The van der Waals surface area contributed by atoms with Gasteiger partial charge in [-0.3, -0.25) is 0 Å². The van der Waals surface area contributed by atoms with Crippen LogP contribution in [0.2, 0.25) is 0 Å². The second-order valence-electron chi connectivity index (χ2n) is 3.90. The van der Waals surface area contributed by atoms with Crippen molar-refractivity contribution in [3.63, 3.8) is 0 Å². The average Bonchev–Trinajstić information content (AvgIpc) is 2.64. The summed E-state index contributed by atoms with van der Waals surface area (Å²) in [7, 11) is 0. The number of nitriles is 1. The molecule has 1 aromatic carbocycles. The van der Waals surface area contributed by atoms with Crippen molar-refractivity contribution in [2.75, 3.05) is 13.2 Å². The molecule has 1 rings (SSSR count). The van der Waals surface area contributed by atoms with Crippen LogP contribution in [-0.2, 0) is 9.47 Å². The Morgan fingerprint density at radius 1 is 1.00 bits per heavy atom. The predicted molar refractivity (Wildman–Crippen MR) is 105 cm³/mol. The molecule has 0 atom stereocenters. The summed E-state index contributed by atoms with van der Waals surface area (Å²) in [5, 5.41) is 7.51. The highest BCUT2D eigenvalue weighted by Gasteiger charge is 1.94. The van der Waals surface area contributed by atoms with Crippen LogP contribution in [0, 0.1) is 11.3 Å². The predicted octanol–water partition coefficient (Wildman–Crippen LogP) is 5.79. The highest BCUT2D eigenvalue weighted by Crippen LogP contribution is 1.97. The molecule has 0 spiro atoms. The first kappa shape index (κ1) is 26.5. The van der Waals surface area contributed by atoms with E-state index < -0.39 is 0 Å². The molecular weight excluding hydrogens is 298 g/mol. The van der Waals surface area contributed by atoms with Crippen molar-refractivity contribution < 1.29 is 9.47 Å². The van der Waals surface area contributed by atoms with Crippen LogP contribution in [0.3, 0.4) is 0 Å². The minimum absolute atomic E-state index is 0.0370.